The first-order chi connectivity index (χ1) is 10.1. The van der Waals surface area contributed by atoms with Crippen LogP contribution < -0.4 is 10.6 Å². The number of hydrogen-bond acceptors (Lipinski definition) is 5. The minimum atomic E-state index is -1.17. The Kier molecular flexibility index (Phi) is 5.41. The van der Waals surface area contributed by atoms with E-state index in [1.807, 2.05) is 0 Å². The van der Waals surface area contributed by atoms with Gasteiger partial charge in [-0.1, -0.05) is 0 Å². The number of aliphatic hydroxyl groups is 1. The van der Waals surface area contributed by atoms with Gasteiger partial charge in [0.1, 0.15) is 6.10 Å². The maximum Gasteiger partial charge on any atom is 0.249 e. The second-order valence-corrected chi connectivity index (χ2v) is 5.38. The molecule has 2 rings (SSSR count). The van der Waals surface area contributed by atoms with Gasteiger partial charge in [-0.3, -0.25) is 14.4 Å². The van der Waals surface area contributed by atoms with E-state index in [0.29, 0.717) is 12.1 Å². The van der Waals surface area contributed by atoms with E-state index in [-0.39, 0.29) is 30.4 Å². The van der Waals surface area contributed by atoms with Crippen LogP contribution in [-0.2, 0) is 14.4 Å². The van der Waals surface area contributed by atoms with Gasteiger partial charge in [-0.15, -0.1) is 0 Å². The fraction of sp³-hybridized carbons (Fsp3) is 0.533. The van der Waals surface area contributed by atoms with Crippen molar-refractivity contribution in [3.8, 4) is 0 Å². The molecule has 6 nitrogen and oxygen atoms in total. The van der Waals surface area contributed by atoms with Crippen LogP contribution in [0.25, 0.3) is 0 Å². The summed E-state index contributed by atoms with van der Waals surface area (Å²) in [6.07, 6.45) is 4.77. The van der Waals surface area contributed by atoms with Crippen molar-refractivity contribution in [3.63, 3.8) is 0 Å². The van der Waals surface area contributed by atoms with Crippen molar-refractivity contribution in [2.75, 3.05) is 13.1 Å². The Labute approximate surface area is 123 Å². The molecule has 1 amide bonds. The van der Waals surface area contributed by atoms with Crippen LogP contribution >= 0.6 is 0 Å². The smallest absolute Gasteiger partial charge is 0.249 e. The topological polar surface area (TPSA) is 95.5 Å². The van der Waals surface area contributed by atoms with Crippen molar-refractivity contribution in [1.82, 2.24) is 10.6 Å². The summed E-state index contributed by atoms with van der Waals surface area (Å²) in [6.45, 7) is 1.66. The zero-order valence-corrected chi connectivity index (χ0v) is 11.8. The number of carbonyl (C=O) groups is 3. The second kappa shape index (κ2) is 7.28. The molecule has 2 atom stereocenters. The zero-order valence-electron chi connectivity index (χ0n) is 11.8. The monoisotopic (exact) mass is 292 g/mol. The molecule has 0 aromatic carbocycles. The molecule has 0 aromatic heterocycles. The Morgan fingerprint density at radius 1 is 1.43 bits per heavy atom. The summed E-state index contributed by atoms with van der Waals surface area (Å²) in [4.78, 5) is 34.6. The number of nitrogens with one attached hydrogen (secondary N) is 2. The molecule has 2 aliphatic rings. The van der Waals surface area contributed by atoms with Crippen LogP contribution in [0.1, 0.15) is 25.7 Å². The van der Waals surface area contributed by atoms with Crippen LogP contribution in [0.2, 0.25) is 0 Å². The summed E-state index contributed by atoms with van der Waals surface area (Å²) in [5.74, 6) is -0.898. The Balaban J connectivity index is 1.78. The molecule has 1 heterocycles. The lowest BCUT2D eigenvalue weighted by Crippen LogP contribution is -2.48. The van der Waals surface area contributed by atoms with Gasteiger partial charge in [-0.25, -0.2) is 0 Å². The summed E-state index contributed by atoms with van der Waals surface area (Å²) < 4.78 is 0. The Morgan fingerprint density at radius 3 is 2.95 bits per heavy atom. The number of hydrogen-bond donors (Lipinski definition) is 3. The number of carbonyl (C=O) groups excluding carboxylic acids is 3. The van der Waals surface area contributed by atoms with E-state index < -0.39 is 12.0 Å². The van der Waals surface area contributed by atoms with E-state index in [1.54, 1.807) is 0 Å². The van der Waals surface area contributed by atoms with E-state index in [0.717, 1.165) is 19.4 Å². The molecule has 2 unspecified atom stereocenters. The Bertz CT molecular complexity index is 490. The van der Waals surface area contributed by atoms with E-state index in [1.165, 1.54) is 18.2 Å². The van der Waals surface area contributed by atoms with Crippen LogP contribution in [-0.4, -0.2) is 47.8 Å². The van der Waals surface area contributed by atoms with Gasteiger partial charge in [0.2, 0.25) is 5.91 Å². The van der Waals surface area contributed by atoms with Crippen LogP contribution in [0.5, 0.6) is 0 Å². The lowest BCUT2D eigenvalue weighted by Gasteiger charge is -2.25. The molecule has 21 heavy (non-hydrogen) atoms. The van der Waals surface area contributed by atoms with Gasteiger partial charge in [0.05, 0.1) is 0 Å². The third-order valence-electron chi connectivity index (χ3n) is 3.66. The second-order valence-electron chi connectivity index (χ2n) is 5.38. The van der Waals surface area contributed by atoms with E-state index >= 15 is 0 Å². The van der Waals surface area contributed by atoms with Crippen molar-refractivity contribution in [1.29, 1.82) is 0 Å². The highest BCUT2D eigenvalue weighted by Gasteiger charge is 2.22. The lowest BCUT2D eigenvalue weighted by molar-refractivity contribution is -0.130. The van der Waals surface area contributed by atoms with Crippen LogP contribution in [0.4, 0.5) is 0 Å². The summed E-state index contributed by atoms with van der Waals surface area (Å²) in [5.41, 5.74) is 0.341. The first-order valence-corrected chi connectivity index (χ1v) is 7.22. The average molecular weight is 292 g/mol. The van der Waals surface area contributed by atoms with Gasteiger partial charge in [0, 0.05) is 18.2 Å². The first-order valence-electron chi connectivity index (χ1n) is 7.22. The summed E-state index contributed by atoms with van der Waals surface area (Å²) in [5, 5.41) is 15.8. The number of amides is 1. The lowest BCUT2D eigenvalue weighted by atomic mass is 9.97. The van der Waals surface area contributed by atoms with Gasteiger partial charge in [-0.05, 0) is 50.5 Å². The van der Waals surface area contributed by atoms with Crippen molar-refractivity contribution in [3.05, 3.63) is 23.8 Å². The van der Waals surface area contributed by atoms with Gasteiger partial charge >= 0.3 is 0 Å². The highest BCUT2D eigenvalue weighted by molar-refractivity contribution is 6.17. The maximum absolute atomic E-state index is 11.9. The highest BCUT2D eigenvalue weighted by Crippen LogP contribution is 2.14. The first kappa shape index (κ1) is 15.6. The molecule has 1 aliphatic heterocycles. The van der Waals surface area contributed by atoms with Gasteiger partial charge in [0.15, 0.2) is 11.6 Å². The fourth-order valence-corrected chi connectivity index (χ4v) is 2.45. The van der Waals surface area contributed by atoms with Crippen LogP contribution in [0, 0.1) is 0 Å². The predicted molar refractivity (Wildman–Crippen MR) is 76.5 cm³/mol. The molecule has 3 N–H and O–H groups in total. The molecular weight excluding hydrogens is 272 g/mol. The Hall–Kier alpha value is -1.79. The van der Waals surface area contributed by atoms with Gasteiger partial charge in [0.25, 0.3) is 0 Å². The fourth-order valence-electron chi connectivity index (χ4n) is 2.45. The van der Waals surface area contributed by atoms with Gasteiger partial charge < -0.3 is 15.7 Å². The third-order valence-corrected chi connectivity index (χ3v) is 3.66. The largest absolute Gasteiger partial charge is 0.383 e. The summed E-state index contributed by atoms with van der Waals surface area (Å²) in [7, 11) is 0. The number of piperidine rings is 1. The molecule has 0 saturated carbocycles. The number of allylic oxidation sites excluding steroid dienone is 4. The van der Waals surface area contributed by atoms with Crippen molar-refractivity contribution < 1.29 is 19.5 Å². The zero-order chi connectivity index (χ0) is 15.2. The summed E-state index contributed by atoms with van der Waals surface area (Å²) >= 11 is 0. The average Bonchev–Trinajstić information content (AvgIpc) is 2.49. The molecular formula is C15H20N2O4. The normalized spacial score (nSPS) is 23.7. The molecule has 6 heteroatoms. The van der Waals surface area contributed by atoms with E-state index in [2.05, 4.69) is 10.6 Å². The van der Waals surface area contributed by atoms with Crippen LogP contribution in [0.3, 0.4) is 0 Å². The third kappa shape index (κ3) is 4.61. The molecule has 0 aromatic rings. The SMILES string of the molecule is O=C1C=CC(=O)C(CCC(O)C(=O)NC2CCCNC2)=C1. The van der Waals surface area contributed by atoms with E-state index in [9.17, 15) is 19.5 Å². The van der Waals surface area contributed by atoms with Crippen molar-refractivity contribution in [2.45, 2.75) is 37.8 Å². The molecule has 1 fully saturated rings. The number of aliphatic hydroxyl groups excluding tert-OH is 1. The number of ketones is 2. The minimum absolute atomic E-state index is 0.0425. The Morgan fingerprint density at radius 2 is 2.24 bits per heavy atom. The predicted octanol–water partition coefficient (Wildman–Crippen LogP) is -0.370. The molecule has 1 saturated heterocycles. The molecule has 0 spiro atoms. The number of rotatable bonds is 5. The molecule has 0 bridgehead atoms. The van der Waals surface area contributed by atoms with Crippen molar-refractivity contribution >= 4 is 17.5 Å². The van der Waals surface area contributed by atoms with E-state index in [4.69, 9.17) is 0 Å². The van der Waals surface area contributed by atoms with Crippen molar-refractivity contribution in [2.24, 2.45) is 0 Å². The maximum atomic E-state index is 11.9. The highest BCUT2D eigenvalue weighted by atomic mass is 16.3. The minimum Gasteiger partial charge on any atom is -0.383 e. The quantitative estimate of drug-likeness (QED) is 0.601. The molecule has 0 radical (unpaired) electrons. The standard InChI is InChI=1S/C15H20N2O4/c18-12-4-6-13(19)10(8-12)3-5-14(20)15(21)17-11-2-1-7-16-9-11/h4,6,8,11,14,16,20H,1-3,5,7,9H2,(H,17,21). The molecule has 1 aliphatic carbocycles. The van der Waals surface area contributed by atoms with Gasteiger partial charge in [-0.2, -0.15) is 0 Å². The molecule has 114 valence electrons. The van der Waals surface area contributed by atoms with Crippen LogP contribution in [0.15, 0.2) is 23.8 Å². The summed E-state index contributed by atoms with van der Waals surface area (Å²) in [6, 6.07) is 0.0425.